The molecule has 1 heterocycles. The van der Waals surface area contributed by atoms with Crippen molar-refractivity contribution in [3.8, 4) is 0 Å². The molecule has 3 spiro atoms. The number of hydrogen-bond acceptors (Lipinski definition) is 4. The number of ketones is 1. The van der Waals surface area contributed by atoms with Gasteiger partial charge in [0.25, 0.3) is 0 Å². The van der Waals surface area contributed by atoms with Crippen LogP contribution in [0.3, 0.4) is 0 Å². The van der Waals surface area contributed by atoms with E-state index in [0.717, 1.165) is 55.2 Å². The minimum atomic E-state index is -0.562. The van der Waals surface area contributed by atoms with Gasteiger partial charge in [0.2, 0.25) is 0 Å². The molecule has 2 aromatic rings. The van der Waals surface area contributed by atoms with E-state index in [4.69, 9.17) is 4.74 Å². The molecule has 1 saturated heterocycles. The van der Waals surface area contributed by atoms with Crippen molar-refractivity contribution < 1.29 is 19.4 Å². The average Bonchev–Trinajstić information content (AvgIpc) is 3.47. The maximum atomic E-state index is 14.6. The summed E-state index contributed by atoms with van der Waals surface area (Å²) >= 11 is 0. The lowest BCUT2D eigenvalue weighted by atomic mass is 9.32. The first kappa shape index (κ1) is 26.4. The number of Topliss-reactive ketones (excluding diaryl/α,β-unsaturated/α-hetero) is 1. The summed E-state index contributed by atoms with van der Waals surface area (Å²) in [6.45, 7) is 5.94. The summed E-state index contributed by atoms with van der Waals surface area (Å²) in [5, 5.41) is 10.9. The number of hydrogen-bond donors (Lipinski definition) is 1. The average molecular weight is 564 g/mol. The Morgan fingerprint density at radius 3 is 2.33 bits per heavy atom. The lowest BCUT2D eigenvalue weighted by Crippen LogP contribution is -2.67. The van der Waals surface area contributed by atoms with Crippen LogP contribution in [-0.4, -0.2) is 40.1 Å². The lowest BCUT2D eigenvalue weighted by Gasteiger charge is -2.71. The van der Waals surface area contributed by atoms with Crippen molar-refractivity contribution in [2.24, 2.45) is 33.5 Å². The van der Waals surface area contributed by atoms with Gasteiger partial charge in [0, 0.05) is 33.9 Å². The Balaban J connectivity index is 1.23. The first-order valence-corrected chi connectivity index (χ1v) is 15.9. The molecule has 5 heteroatoms. The largest absolute Gasteiger partial charge is 0.440 e. The monoisotopic (exact) mass is 563 g/mol. The smallest absolute Gasteiger partial charge is 0.410 e. The molecular weight excluding hydrogens is 522 g/mol. The standard InChI is InChI=1S/C37H41NO4/c1-33-16-13-27(39)21-35(33)19-20-37(28(22-35)31(40)26-11-7-4-8-12-26)29(33)14-17-34(2)30(37)15-18-36(34)24-38(32(41)42-36)23-25-9-5-3-6-10-25/h3-12,19-20,22,27,29-30,39H,13-18,21,23-24H2,1-2H3. The number of benzene rings is 2. The molecule has 2 bridgehead atoms. The summed E-state index contributed by atoms with van der Waals surface area (Å²) in [6, 6.07) is 19.9. The molecule has 7 aliphatic rings. The second-order valence-corrected chi connectivity index (χ2v) is 14.7. The fraction of sp³-hybridized carbons (Fsp3) is 0.514. The summed E-state index contributed by atoms with van der Waals surface area (Å²) in [6.07, 6.45) is 12.7. The number of carbonyl (C=O) groups excluding carboxylic acids is 2. The van der Waals surface area contributed by atoms with E-state index in [1.54, 1.807) is 0 Å². The van der Waals surface area contributed by atoms with Gasteiger partial charge in [0.1, 0.15) is 5.60 Å². The van der Waals surface area contributed by atoms with Gasteiger partial charge in [-0.1, -0.05) is 92.7 Å². The zero-order valence-corrected chi connectivity index (χ0v) is 24.7. The van der Waals surface area contributed by atoms with E-state index in [0.29, 0.717) is 25.4 Å². The van der Waals surface area contributed by atoms with E-state index in [-0.39, 0.29) is 40.1 Å². The van der Waals surface area contributed by atoms with Crippen molar-refractivity contribution in [3.05, 3.63) is 95.6 Å². The van der Waals surface area contributed by atoms with E-state index in [2.05, 4.69) is 44.2 Å². The second-order valence-electron chi connectivity index (χ2n) is 14.7. The zero-order chi connectivity index (χ0) is 29.0. The number of rotatable bonds is 4. The fourth-order valence-electron chi connectivity index (χ4n) is 11.1. The number of amides is 1. The number of aliphatic hydroxyl groups excluding tert-OH is 1. The Bertz CT molecular complexity index is 1520. The molecule has 218 valence electrons. The Morgan fingerprint density at radius 2 is 1.57 bits per heavy atom. The summed E-state index contributed by atoms with van der Waals surface area (Å²) in [5.41, 5.74) is 1.19. The third kappa shape index (κ3) is 3.18. The van der Waals surface area contributed by atoms with E-state index >= 15 is 0 Å². The fourth-order valence-corrected chi connectivity index (χ4v) is 11.1. The quantitative estimate of drug-likeness (QED) is 0.318. The molecule has 5 nitrogen and oxygen atoms in total. The number of aliphatic hydroxyl groups is 1. The molecule has 1 N–H and O–H groups in total. The van der Waals surface area contributed by atoms with Gasteiger partial charge in [0.15, 0.2) is 5.78 Å². The van der Waals surface area contributed by atoms with Crippen LogP contribution in [0, 0.1) is 33.5 Å². The van der Waals surface area contributed by atoms with Crippen LogP contribution in [-0.2, 0) is 11.3 Å². The van der Waals surface area contributed by atoms with E-state index in [1.165, 1.54) is 0 Å². The van der Waals surface area contributed by atoms with E-state index in [1.807, 2.05) is 53.4 Å². The molecule has 3 saturated carbocycles. The van der Waals surface area contributed by atoms with Gasteiger partial charge >= 0.3 is 6.09 Å². The molecule has 6 aliphatic carbocycles. The molecule has 0 radical (unpaired) electrons. The Hall–Kier alpha value is -3.18. The van der Waals surface area contributed by atoms with Gasteiger partial charge in [-0.25, -0.2) is 4.79 Å². The molecule has 2 aromatic carbocycles. The number of allylic oxidation sites excluding steroid dienone is 4. The maximum absolute atomic E-state index is 14.6. The molecule has 9 rings (SSSR count). The molecule has 4 fully saturated rings. The predicted molar refractivity (Wildman–Crippen MR) is 160 cm³/mol. The van der Waals surface area contributed by atoms with Crippen molar-refractivity contribution >= 4 is 11.9 Å². The Morgan fingerprint density at radius 1 is 0.905 bits per heavy atom. The highest BCUT2D eigenvalue weighted by Crippen LogP contribution is 2.79. The van der Waals surface area contributed by atoms with Crippen molar-refractivity contribution in [1.82, 2.24) is 4.90 Å². The van der Waals surface area contributed by atoms with Crippen LogP contribution in [0.25, 0.3) is 0 Å². The molecule has 1 aliphatic heterocycles. The first-order chi connectivity index (χ1) is 20.2. The van der Waals surface area contributed by atoms with Crippen LogP contribution in [0.5, 0.6) is 0 Å². The van der Waals surface area contributed by atoms with Crippen LogP contribution in [0.4, 0.5) is 4.79 Å². The van der Waals surface area contributed by atoms with Gasteiger partial charge in [0.05, 0.1) is 12.6 Å². The number of nitrogens with zero attached hydrogens (tertiary/aromatic N) is 1. The molecule has 0 aromatic heterocycles. The van der Waals surface area contributed by atoms with Crippen molar-refractivity contribution in [1.29, 1.82) is 0 Å². The highest BCUT2D eigenvalue weighted by atomic mass is 16.6. The third-order valence-electron chi connectivity index (χ3n) is 13.2. The van der Waals surface area contributed by atoms with Crippen LogP contribution < -0.4 is 0 Å². The molecule has 8 unspecified atom stereocenters. The SMILES string of the molecule is CC12CCC(O)CC13C=CC1(C(C(=O)c4ccccc4)=C3)C2CCC2(C)C1CCC21CN(Cc2ccccc2)C(=O)O1. The summed E-state index contributed by atoms with van der Waals surface area (Å²) in [4.78, 5) is 29.9. The first-order valence-electron chi connectivity index (χ1n) is 15.9. The normalized spacial score (nSPS) is 43.0. The van der Waals surface area contributed by atoms with Crippen molar-refractivity contribution in [3.63, 3.8) is 0 Å². The van der Waals surface area contributed by atoms with E-state index in [9.17, 15) is 14.7 Å². The van der Waals surface area contributed by atoms with Gasteiger partial charge in [-0.3, -0.25) is 9.69 Å². The van der Waals surface area contributed by atoms with Crippen molar-refractivity contribution in [2.75, 3.05) is 6.54 Å². The number of carbonyl (C=O) groups is 2. The molecule has 8 atom stereocenters. The predicted octanol–water partition coefficient (Wildman–Crippen LogP) is 7.12. The van der Waals surface area contributed by atoms with Crippen LogP contribution in [0.1, 0.15) is 74.7 Å². The van der Waals surface area contributed by atoms with Crippen molar-refractivity contribution in [2.45, 2.75) is 77.0 Å². The topological polar surface area (TPSA) is 66.8 Å². The second kappa shape index (κ2) is 8.69. The summed E-state index contributed by atoms with van der Waals surface area (Å²) < 4.78 is 6.50. The Kier molecular flexibility index (Phi) is 5.47. The zero-order valence-electron chi connectivity index (χ0n) is 24.7. The summed E-state index contributed by atoms with van der Waals surface area (Å²) in [5.74, 6) is 0.608. The van der Waals surface area contributed by atoms with Crippen LogP contribution >= 0.6 is 0 Å². The number of fused-ring (bicyclic) bond motifs is 2. The van der Waals surface area contributed by atoms with Gasteiger partial charge in [-0.2, -0.15) is 0 Å². The molecular formula is C37H41NO4. The minimum absolute atomic E-state index is 0.0236. The number of ether oxygens (including phenoxy) is 1. The highest BCUT2D eigenvalue weighted by molar-refractivity contribution is 6.10. The van der Waals surface area contributed by atoms with Gasteiger partial charge in [-0.05, 0) is 67.8 Å². The molecule has 1 amide bonds. The van der Waals surface area contributed by atoms with Gasteiger partial charge < -0.3 is 9.84 Å². The van der Waals surface area contributed by atoms with Crippen LogP contribution in [0.15, 0.2) is 84.5 Å². The Labute approximate surface area is 248 Å². The van der Waals surface area contributed by atoms with Gasteiger partial charge in [-0.15, -0.1) is 0 Å². The highest BCUT2D eigenvalue weighted by Gasteiger charge is 2.76. The van der Waals surface area contributed by atoms with E-state index < -0.39 is 11.0 Å². The third-order valence-corrected chi connectivity index (χ3v) is 13.2. The maximum Gasteiger partial charge on any atom is 0.410 e. The summed E-state index contributed by atoms with van der Waals surface area (Å²) in [7, 11) is 0. The minimum Gasteiger partial charge on any atom is -0.440 e. The lowest BCUT2D eigenvalue weighted by molar-refractivity contribution is -0.164. The molecule has 42 heavy (non-hydrogen) atoms. The van der Waals surface area contributed by atoms with Crippen LogP contribution in [0.2, 0.25) is 0 Å².